The molecule has 4 aromatic rings. The second-order valence-electron chi connectivity index (χ2n) is 6.59. The Labute approximate surface area is 190 Å². The number of pyridine rings is 1. The molecule has 3 aromatic heterocycles. The lowest BCUT2D eigenvalue weighted by Crippen LogP contribution is -2.68. The van der Waals surface area contributed by atoms with E-state index >= 15 is 0 Å². The fraction of sp³-hybridized carbons (Fsp3) is 0.0909. The number of hydrogen-bond acceptors (Lipinski definition) is 7. The average Bonchev–Trinajstić information content (AvgIpc) is 3.28. The molecule has 0 spiro atoms. The minimum absolute atomic E-state index is 1.02. The summed E-state index contributed by atoms with van der Waals surface area (Å²) in [5.74, 6) is 0. The molecule has 0 atom stereocenters. The number of aromatic nitrogens is 1. The minimum Gasteiger partial charge on any atom is -0.378 e. The van der Waals surface area contributed by atoms with Crippen molar-refractivity contribution in [1.29, 1.82) is 0 Å². The quantitative estimate of drug-likeness (QED) is 0.417. The lowest BCUT2D eigenvalue weighted by molar-refractivity contribution is -2.00. The molecule has 0 amide bonds. The molecule has 6 nitrogen and oxygen atoms in total. The van der Waals surface area contributed by atoms with Crippen molar-refractivity contribution in [2.24, 2.45) is 0 Å². The highest BCUT2D eigenvalue weighted by atomic mass is 35.7. The zero-order chi connectivity index (χ0) is 22.4. The maximum absolute atomic E-state index is 8.49. The Hall–Kier alpha value is -2.43. The lowest BCUT2D eigenvalue weighted by Gasteiger charge is -2.17. The van der Waals surface area contributed by atoms with Gasteiger partial charge < -0.3 is 4.90 Å². The predicted octanol–water partition coefficient (Wildman–Crippen LogP) is 1.80. The predicted molar refractivity (Wildman–Crippen MR) is 115 cm³/mol. The van der Waals surface area contributed by atoms with Crippen LogP contribution >= 0.6 is 22.7 Å². The Bertz CT molecular complexity index is 1090. The van der Waals surface area contributed by atoms with Crippen LogP contribution in [0.2, 0.25) is 0 Å². The van der Waals surface area contributed by atoms with Crippen molar-refractivity contribution in [2.45, 2.75) is 0 Å². The topological polar surface area (TPSA) is 108 Å². The Kier molecular flexibility index (Phi) is 7.69. The number of halogens is 1. The monoisotopic (exact) mass is 474 g/mol. The zero-order valence-corrected chi connectivity index (χ0v) is 19.1. The van der Waals surface area contributed by atoms with E-state index in [4.69, 9.17) is 18.6 Å². The van der Waals surface area contributed by atoms with Gasteiger partial charge in [0, 0.05) is 38.1 Å². The summed E-state index contributed by atoms with van der Waals surface area (Å²) >= 11 is 3.56. The summed E-state index contributed by atoms with van der Waals surface area (Å²) in [7, 11) is -0.819. The lowest BCUT2D eigenvalue weighted by atomic mass is 10.1. The Balaban J connectivity index is 0.000000491. The summed E-state index contributed by atoms with van der Waals surface area (Å²) in [6.45, 7) is 0. The molecule has 0 unspecified atom stereocenters. The molecule has 0 aliphatic rings. The molecule has 0 fully saturated rings. The molecule has 31 heavy (non-hydrogen) atoms. The van der Waals surface area contributed by atoms with E-state index in [9.17, 15) is 0 Å². The molecule has 9 heteroatoms. The molecule has 0 N–H and O–H groups in total. The fourth-order valence-corrected chi connectivity index (χ4v) is 4.70. The van der Waals surface area contributed by atoms with Gasteiger partial charge in [-0.05, 0) is 46.8 Å². The molecule has 0 saturated carbocycles. The molecular formula is C22H19ClN2O4S2. The van der Waals surface area contributed by atoms with Crippen molar-refractivity contribution in [3.8, 4) is 31.5 Å². The standard InChI is InChI=1S/C22H19N2S2.ClHO4/c1-24(2)18-10-8-16(9-11-18)17-14-21(19-6-3-4-12-23-19)26-22(15-17)20-7-5-13-25-20;2-1(3,4)5/h3-15H,1-2H3;(H,2,3,4,5)/q+1;/p-1. The van der Waals surface area contributed by atoms with Crippen molar-refractivity contribution in [3.63, 3.8) is 0 Å². The second-order valence-corrected chi connectivity index (χ2v) is 9.37. The van der Waals surface area contributed by atoms with Crippen molar-refractivity contribution >= 4 is 28.4 Å². The summed E-state index contributed by atoms with van der Waals surface area (Å²) in [4.78, 5) is 10.4. The van der Waals surface area contributed by atoms with E-state index in [2.05, 4.69) is 84.0 Å². The Morgan fingerprint density at radius 3 is 2.06 bits per heavy atom. The first kappa shape index (κ1) is 23.2. The molecule has 160 valence electrons. The molecular weight excluding hydrogens is 456 g/mol. The van der Waals surface area contributed by atoms with E-state index in [1.807, 2.05) is 18.3 Å². The summed E-state index contributed by atoms with van der Waals surface area (Å²) < 4.78 is 34.0. The van der Waals surface area contributed by atoms with Gasteiger partial charge in [-0.3, -0.25) is 4.98 Å². The Morgan fingerprint density at radius 1 is 0.839 bits per heavy atom. The third-order valence-electron chi connectivity index (χ3n) is 4.19. The first-order chi connectivity index (χ1) is 14.7. The molecule has 0 bridgehead atoms. The fourth-order valence-electron chi connectivity index (χ4n) is 2.80. The van der Waals surface area contributed by atoms with Crippen molar-refractivity contribution in [2.75, 3.05) is 19.0 Å². The number of anilines is 1. The largest absolute Gasteiger partial charge is 0.378 e. The first-order valence-electron chi connectivity index (χ1n) is 9.04. The third-order valence-corrected chi connectivity index (χ3v) is 6.33. The molecule has 3 heterocycles. The number of benzene rings is 1. The van der Waals surface area contributed by atoms with Gasteiger partial charge in [-0.1, -0.05) is 24.3 Å². The number of nitrogens with zero attached hydrogens (tertiary/aromatic N) is 2. The Morgan fingerprint density at radius 2 is 1.52 bits per heavy atom. The summed E-state index contributed by atoms with van der Waals surface area (Å²) in [5.41, 5.74) is 4.66. The van der Waals surface area contributed by atoms with Gasteiger partial charge in [0.15, 0.2) is 0 Å². The summed E-state index contributed by atoms with van der Waals surface area (Å²) in [6, 6.07) is 23.6. The summed E-state index contributed by atoms with van der Waals surface area (Å²) in [5, 5.41) is 2.13. The van der Waals surface area contributed by atoms with Gasteiger partial charge in [-0.15, -0.1) is 21.6 Å². The van der Waals surface area contributed by atoms with Crippen LogP contribution in [0.3, 0.4) is 0 Å². The van der Waals surface area contributed by atoms with Gasteiger partial charge in [0.1, 0.15) is 5.69 Å². The molecule has 0 radical (unpaired) electrons. The van der Waals surface area contributed by atoms with Crippen molar-refractivity contribution < 1.29 is 28.9 Å². The molecule has 4 rings (SSSR count). The van der Waals surface area contributed by atoms with E-state index in [-0.39, 0.29) is 0 Å². The van der Waals surface area contributed by atoms with Crippen molar-refractivity contribution in [3.05, 3.63) is 78.3 Å². The van der Waals surface area contributed by atoms with E-state index in [1.165, 1.54) is 31.4 Å². The molecule has 1 aromatic carbocycles. The normalized spacial score (nSPS) is 10.9. The van der Waals surface area contributed by atoms with Crippen LogP contribution in [0.15, 0.2) is 78.3 Å². The highest BCUT2D eigenvalue weighted by Crippen LogP contribution is 2.38. The van der Waals surface area contributed by atoms with Gasteiger partial charge >= 0.3 is 0 Å². The number of hydrogen-bond donors (Lipinski definition) is 0. The van der Waals surface area contributed by atoms with Crippen LogP contribution in [0.25, 0.3) is 31.5 Å². The van der Waals surface area contributed by atoms with Gasteiger partial charge in [0.2, 0.25) is 16.2 Å². The van der Waals surface area contributed by atoms with Crippen LogP contribution in [0, 0.1) is 10.2 Å². The SMILES string of the molecule is CN(C)c1ccc(-c2cc(-c3ccccn3)[s+]c(-c3cccs3)c2)cc1.[O-][Cl+3]([O-])([O-])[O-]. The third kappa shape index (κ3) is 7.05. The minimum atomic E-state index is -4.94. The van der Waals surface area contributed by atoms with Crippen LogP contribution in [-0.4, -0.2) is 19.1 Å². The van der Waals surface area contributed by atoms with Gasteiger partial charge in [-0.25, -0.2) is 18.6 Å². The van der Waals surface area contributed by atoms with E-state index in [0.29, 0.717) is 0 Å². The molecule has 0 aliphatic carbocycles. The smallest absolute Gasteiger partial charge is 0.257 e. The first-order valence-corrected chi connectivity index (χ1v) is 12.0. The highest BCUT2D eigenvalue weighted by Gasteiger charge is 2.20. The van der Waals surface area contributed by atoms with Crippen LogP contribution in [0.4, 0.5) is 5.69 Å². The van der Waals surface area contributed by atoms with Crippen LogP contribution in [0.5, 0.6) is 0 Å². The maximum Gasteiger partial charge on any atom is 0.257 e. The van der Waals surface area contributed by atoms with Crippen molar-refractivity contribution in [1.82, 2.24) is 4.98 Å². The van der Waals surface area contributed by atoms with Crippen LogP contribution < -0.4 is 23.5 Å². The highest BCUT2D eigenvalue weighted by molar-refractivity contribution is 7.23. The molecule has 0 aliphatic heterocycles. The van der Waals surface area contributed by atoms with Gasteiger partial charge in [0.25, 0.3) is 4.88 Å². The summed E-state index contributed by atoms with van der Waals surface area (Å²) in [6.07, 6.45) is 1.85. The van der Waals surface area contributed by atoms with E-state index < -0.39 is 10.2 Å². The van der Waals surface area contributed by atoms with Crippen LogP contribution in [-0.2, 0) is 0 Å². The number of thiophene rings is 1. The number of rotatable bonds is 4. The maximum atomic E-state index is 8.49. The van der Waals surface area contributed by atoms with Gasteiger partial charge in [0.05, 0.1) is 4.88 Å². The van der Waals surface area contributed by atoms with Gasteiger partial charge in [-0.2, -0.15) is 0 Å². The second kappa shape index (κ2) is 10.3. The molecule has 0 saturated heterocycles. The van der Waals surface area contributed by atoms with Crippen LogP contribution in [0.1, 0.15) is 0 Å². The average molecular weight is 475 g/mol. The van der Waals surface area contributed by atoms with E-state index in [1.54, 1.807) is 22.7 Å². The zero-order valence-electron chi connectivity index (χ0n) is 16.7. The van der Waals surface area contributed by atoms with E-state index in [0.717, 1.165) is 5.69 Å².